The monoisotopic (exact) mass is 114 g/mol. The zero-order valence-electron chi connectivity index (χ0n) is 4.99. The third kappa shape index (κ3) is 5.41. The minimum absolute atomic E-state index is 0.230. The second kappa shape index (κ2) is 4.57. The fourth-order valence-corrected chi connectivity index (χ4v) is 0.438. The Kier molecular flexibility index (Phi) is 4.23. The molecule has 0 aliphatic carbocycles. The number of unbranched alkanes of at least 4 members (excludes halogenated alkanes) is 1. The van der Waals surface area contributed by atoms with Crippen molar-refractivity contribution in [2.75, 3.05) is 0 Å². The Morgan fingerprint density at radius 2 is 2.25 bits per heavy atom. The van der Waals surface area contributed by atoms with Gasteiger partial charge in [-0.2, -0.15) is 0 Å². The van der Waals surface area contributed by atoms with Gasteiger partial charge in [-0.15, -0.1) is 6.58 Å². The van der Waals surface area contributed by atoms with Crippen molar-refractivity contribution >= 4 is 0 Å². The highest BCUT2D eigenvalue weighted by Gasteiger charge is 1.86. The van der Waals surface area contributed by atoms with Gasteiger partial charge in [-0.05, 0) is 19.3 Å². The molecule has 46 valence electrons. The molecule has 0 spiro atoms. The van der Waals surface area contributed by atoms with Crippen LogP contribution in [0.3, 0.4) is 0 Å². The average molecular weight is 114 g/mol. The Balaban J connectivity index is 2.93. The first kappa shape index (κ1) is 7.41. The van der Waals surface area contributed by atoms with Crippen LogP contribution in [0, 0.1) is 0 Å². The summed E-state index contributed by atoms with van der Waals surface area (Å²) in [7, 11) is 0. The van der Waals surface area contributed by atoms with Crippen LogP contribution in [0.1, 0.15) is 19.3 Å². The molecule has 0 unspecified atom stereocenters. The first-order chi connectivity index (χ1) is 3.77. The van der Waals surface area contributed by atoms with Gasteiger partial charge in [-0.1, -0.05) is 12.7 Å². The maximum Gasteiger partial charge on any atom is 0.0928 e. The molecule has 0 rings (SSSR count). The number of hydrogen-bond acceptors (Lipinski definition) is 0. The lowest BCUT2D eigenvalue weighted by Gasteiger charge is -1.89. The molecular weight excluding hydrogens is 103 g/mol. The second-order valence-electron chi connectivity index (χ2n) is 1.70. The summed E-state index contributed by atoms with van der Waals surface area (Å²) in [6, 6.07) is 0. The molecule has 0 amide bonds. The van der Waals surface area contributed by atoms with Crippen LogP contribution in [0.5, 0.6) is 0 Å². The van der Waals surface area contributed by atoms with Crippen molar-refractivity contribution in [1.29, 1.82) is 0 Å². The average Bonchev–Trinajstić information content (AvgIpc) is 1.66. The van der Waals surface area contributed by atoms with Crippen LogP contribution in [0.15, 0.2) is 25.1 Å². The Bertz CT molecular complexity index is 84.4. The predicted molar refractivity (Wildman–Crippen MR) is 34.3 cm³/mol. The first-order valence-corrected chi connectivity index (χ1v) is 2.71. The van der Waals surface area contributed by atoms with E-state index in [-0.39, 0.29) is 5.83 Å². The van der Waals surface area contributed by atoms with E-state index >= 15 is 0 Å². The molecule has 0 bridgehead atoms. The van der Waals surface area contributed by atoms with Crippen LogP contribution in [0.4, 0.5) is 4.39 Å². The second-order valence-corrected chi connectivity index (χ2v) is 1.70. The fourth-order valence-electron chi connectivity index (χ4n) is 0.438. The van der Waals surface area contributed by atoms with Crippen LogP contribution in [-0.2, 0) is 0 Å². The molecule has 0 fully saturated rings. The molecule has 0 aromatic heterocycles. The van der Waals surface area contributed by atoms with Gasteiger partial charge in [-0.25, -0.2) is 4.39 Å². The molecule has 0 aliphatic heterocycles. The quantitative estimate of drug-likeness (QED) is 0.389. The third-order valence-electron chi connectivity index (χ3n) is 0.856. The summed E-state index contributed by atoms with van der Waals surface area (Å²) in [5.74, 6) is -0.230. The molecule has 0 atom stereocenters. The predicted octanol–water partition coefficient (Wildman–Crippen LogP) is 2.83. The van der Waals surface area contributed by atoms with Gasteiger partial charge >= 0.3 is 0 Å². The van der Waals surface area contributed by atoms with Crippen LogP contribution < -0.4 is 0 Å². The molecule has 0 aromatic carbocycles. The number of rotatable bonds is 4. The Morgan fingerprint density at radius 3 is 2.62 bits per heavy atom. The van der Waals surface area contributed by atoms with Gasteiger partial charge in [0.05, 0.1) is 5.83 Å². The SMILES string of the molecule is C=CCCCC(=C)F. The van der Waals surface area contributed by atoms with E-state index in [1.54, 1.807) is 6.08 Å². The van der Waals surface area contributed by atoms with Gasteiger partial charge in [0.25, 0.3) is 0 Å². The van der Waals surface area contributed by atoms with E-state index in [1.807, 2.05) is 0 Å². The molecular formula is C7H11F. The van der Waals surface area contributed by atoms with Crippen molar-refractivity contribution in [1.82, 2.24) is 0 Å². The highest BCUT2D eigenvalue weighted by Crippen LogP contribution is 2.04. The summed E-state index contributed by atoms with van der Waals surface area (Å²) in [6.07, 6.45) is 3.97. The minimum Gasteiger partial charge on any atom is -0.212 e. The van der Waals surface area contributed by atoms with Crippen LogP contribution in [0.2, 0.25) is 0 Å². The largest absolute Gasteiger partial charge is 0.212 e. The van der Waals surface area contributed by atoms with Gasteiger partial charge < -0.3 is 0 Å². The normalized spacial score (nSPS) is 8.62. The Labute approximate surface area is 49.7 Å². The van der Waals surface area contributed by atoms with Crippen molar-refractivity contribution in [3.05, 3.63) is 25.1 Å². The van der Waals surface area contributed by atoms with Crippen molar-refractivity contribution in [3.63, 3.8) is 0 Å². The van der Waals surface area contributed by atoms with E-state index in [0.717, 1.165) is 12.8 Å². The zero-order chi connectivity index (χ0) is 6.41. The van der Waals surface area contributed by atoms with Gasteiger partial charge in [0.1, 0.15) is 0 Å². The standard InChI is InChI=1S/C7H11F/c1-3-4-5-6-7(2)8/h3H,1-2,4-6H2. The van der Waals surface area contributed by atoms with Crippen LogP contribution >= 0.6 is 0 Å². The first-order valence-electron chi connectivity index (χ1n) is 2.71. The van der Waals surface area contributed by atoms with Crippen LogP contribution in [-0.4, -0.2) is 0 Å². The van der Waals surface area contributed by atoms with Gasteiger partial charge in [0, 0.05) is 0 Å². The summed E-state index contributed by atoms with van der Waals surface area (Å²) in [4.78, 5) is 0. The zero-order valence-corrected chi connectivity index (χ0v) is 4.99. The van der Waals surface area contributed by atoms with E-state index in [4.69, 9.17) is 0 Å². The van der Waals surface area contributed by atoms with E-state index in [0.29, 0.717) is 6.42 Å². The number of halogens is 1. The maximum absolute atomic E-state index is 11.8. The lowest BCUT2D eigenvalue weighted by molar-refractivity contribution is 0.580. The van der Waals surface area contributed by atoms with E-state index in [9.17, 15) is 4.39 Å². The van der Waals surface area contributed by atoms with E-state index in [1.165, 1.54) is 0 Å². The number of allylic oxidation sites excluding steroid dienone is 2. The maximum atomic E-state index is 11.8. The van der Waals surface area contributed by atoms with Crippen LogP contribution in [0.25, 0.3) is 0 Å². The molecule has 0 aliphatic rings. The minimum atomic E-state index is -0.230. The highest BCUT2D eigenvalue weighted by molar-refractivity contribution is 4.80. The lowest BCUT2D eigenvalue weighted by atomic mass is 10.2. The molecule has 0 saturated heterocycles. The summed E-state index contributed by atoms with van der Waals surface area (Å²) < 4.78 is 11.8. The lowest BCUT2D eigenvalue weighted by Crippen LogP contribution is -1.71. The van der Waals surface area contributed by atoms with Gasteiger partial charge in [0.15, 0.2) is 0 Å². The van der Waals surface area contributed by atoms with Crippen molar-refractivity contribution in [3.8, 4) is 0 Å². The Morgan fingerprint density at radius 1 is 1.62 bits per heavy atom. The summed E-state index contributed by atoms with van der Waals surface area (Å²) in [6.45, 7) is 6.63. The summed E-state index contributed by atoms with van der Waals surface area (Å²) in [5.41, 5.74) is 0. The van der Waals surface area contributed by atoms with Crippen molar-refractivity contribution < 1.29 is 4.39 Å². The van der Waals surface area contributed by atoms with Crippen molar-refractivity contribution in [2.45, 2.75) is 19.3 Å². The third-order valence-corrected chi connectivity index (χ3v) is 0.856. The van der Waals surface area contributed by atoms with E-state index in [2.05, 4.69) is 13.2 Å². The molecule has 0 N–H and O–H groups in total. The molecule has 0 heterocycles. The van der Waals surface area contributed by atoms with E-state index < -0.39 is 0 Å². The molecule has 0 aromatic rings. The highest BCUT2D eigenvalue weighted by atomic mass is 19.1. The molecule has 1 heteroatoms. The molecule has 0 saturated carbocycles. The van der Waals surface area contributed by atoms with Gasteiger partial charge in [-0.3, -0.25) is 0 Å². The topological polar surface area (TPSA) is 0 Å². The fraction of sp³-hybridized carbons (Fsp3) is 0.429. The summed E-state index contributed by atoms with van der Waals surface area (Å²) in [5, 5.41) is 0. The van der Waals surface area contributed by atoms with Crippen molar-refractivity contribution in [2.24, 2.45) is 0 Å². The number of hydrogen-bond donors (Lipinski definition) is 0. The Hall–Kier alpha value is -0.590. The molecule has 0 radical (unpaired) electrons. The molecule has 0 nitrogen and oxygen atoms in total. The smallest absolute Gasteiger partial charge is 0.0928 e. The summed E-state index contributed by atoms with van der Waals surface area (Å²) >= 11 is 0. The van der Waals surface area contributed by atoms with Gasteiger partial charge in [0.2, 0.25) is 0 Å². The molecule has 8 heavy (non-hydrogen) atoms.